The molecule has 1 saturated heterocycles. The van der Waals surface area contributed by atoms with E-state index in [0.717, 1.165) is 17.1 Å². The first-order chi connectivity index (χ1) is 25.7. The summed E-state index contributed by atoms with van der Waals surface area (Å²) in [5, 5.41) is 58.4. The Morgan fingerprint density at radius 3 is 2.41 bits per heavy atom. The third-order valence-corrected chi connectivity index (χ3v) is 10.2. The summed E-state index contributed by atoms with van der Waals surface area (Å²) < 4.78 is 22.8. The normalized spacial score (nSPS) is 26.1. The Morgan fingerprint density at radius 2 is 1.72 bits per heavy atom. The second-order valence-corrected chi connectivity index (χ2v) is 13.5. The van der Waals surface area contributed by atoms with Gasteiger partial charge in [0.25, 0.3) is 11.8 Å². The third-order valence-electron chi connectivity index (χ3n) is 10.2. The van der Waals surface area contributed by atoms with E-state index in [-0.39, 0.29) is 72.9 Å². The number of carbonyl (C=O) groups excluding carboxylic acids is 6. The van der Waals surface area contributed by atoms with E-state index in [0.29, 0.717) is 0 Å². The van der Waals surface area contributed by atoms with E-state index in [4.69, 9.17) is 18.9 Å². The standard InChI is InChI=1S/C37H40N2O15/c1-17-32(45)21(38-15-18(41)8-10-52-11-9-39-25(43)6-7-26(39)44)12-27(53-17)54-23-14-37(50,24(42)16-40)13-20-29(23)36(49)31-30(34(20)47)33(46)19-4-3-5-22(51-2)28(19)35(31)48/h3-7,17,21,23,27,32,38,40,45,47,49-50H,8-16H2,1-2H3/t17?,21?,23?,27-,32?,37+/m1/s1. The van der Waals surface area contributed by atoms with Gasteiger partial charge < -0.3 is 49.8 Å². The Labute approximate surface area is 308 Å². The van der Waals surface area contributed by atoms with Gasteiger partial charge in [-0.05, 0) is 13.0 Å². The molecule has 4 aliphatic rings. The number of ether oxygens (including phenoxy) is 4. The first-order valence-corrected chi connectivity index (χ1v) is 17.3. The highest BCUT2D eigenvalue weighted by Gasteiger charge is 2.50. The number of amides is 2. The monoisotopic (exact) mass is 752 g/mol. The molecule has 0 bridgehead atoms. The number of nitrogens with zero attached hydrogens (tertiary/aromatic N) is 1. The Morgan fingerprint density at radius 1 is 1.02 bits per heavy atom. The largest absolute Gasteiger partial charge is 0.507 e. The molecule has 2 aliphatic carbocycles. The number of phenols is 2. The zero-order chi connectivity index (χ0) is 39.1. The number of phenolic OH excluding ortho intramolecular Hbond substituents is 2. The molecule has 17 heteroatoms. The number of benzene rings is 2. The van der Waals surface area contributed by atoms with Gasteiger partial charge in [-0.15, -0.1) is 0 Å². The molecule has 2 amide bonds. The second-order valence-electron chi connectivity index (χ2n) is 13.5. The Kier molecular flexibility index (Phi) is 11.1. The van der Waals surface area contributed by atoms with E-state index in [2.05, 4.69) is 5.32 Å². The minimum Gasteiger partial charge on any atom is -0.507 e. The molecule has 2 aromatic carbocycles. The predicted molar refractivity (Wildman–Crippen MR) is 182 cm³/mol. The molecular weight excluding hydrogens is 712 g/mol. The summed E-state index contributed by atoms with van der Waals surface area (Å²) in [6, 6.07) is 3.52. The summed E-state index contributed by atoms with van der Waals surface area (Å²) in [6.45, 7) is 0.386. The topological polar surface area (TPSA) is 256 Å². The minimum atomic E-state index is -2.34. The quantitative estimate of drug-likeness (QED) is 0.0692. The van der Waals surface area contributed by atoms with Crippen molar-refractivity contribution >= 4 is 34.9 Å². The molecule has 0 radical (unpaired) electrons. The van der Waals surface area contributed by atoms with Crippen molar-refractivity contribution < 1.29 is 73.2 Å². The number of Topliss-reactive ketones (excluding diaryl/α,β-unsaturated/α-hetero) is 2. The molecule has 6 N–H and O–H groups in total. The number of hydrogen-bond acceptors (Lipinski definition) is 16. The van der Waals surface area contributed by atoms with Crippen LogP contribution in [-0.4, -0.2) is 136 Å². The van der Waals surface area contributed by atoms with Crippen LogP contribution in [0.5, 0.6) is 17.2 Å². The Balaban J connectivity index is 1.19. The maximum absolute atomic E-state index is 13.9. The maximum atomic E-state index is 13.9. The van der Waals surface area contributed by atoms with Crippen LogP contribution in [0.1, 0.15) is 75.3 Å². The summed E-state index contributed by atoms with van der Waals surface area (Å²) in [5.41, 5.74) is -4.05. The lowest BCUT2D eigenvalue weighted by atomic mass is 9.72. The van der Waals surface area contributed by atoms with E-state index in [1.54, 1.807) is 6.92 Å². The average molecular weight is 753 g/mol. The Bertz CT molecular complexity index is 1920. The van der Waals surface area contributed by atoms with Crippen molar-refractivity contribution in [1.29, 1.82) is 0 Å². The lowest BCUT2D eigenvalue weighted by Crippen LogP contribution is -2.55. The van der Waals surface area contributed by atoms with Crippen molar-refractivity contribution in [3.63, 3.8) is 0 Å². The molecule has 54 heavy (non-hydrogen) atoms. The van der Waals surface area contributed by atoms with Crippen LogP contribution in [0.2, 0.25) is 0 Å². The highest BCUT2D eigenvalue weighted by molar-refractivity contribution is 6.31. The van der Waals surface area contributed by atoms with Gasteiger partial charge >= 0.3 is 0 Å². The lowest BCUT2D eigenvalue weighted by Gasteiger charge is -2.43. The molecule has 2 aliphatic heterocycles. The number of carbonyl (C=O) groups is 6. The van der Waals surface area contributed by atoms with Crippen molar-refractivity contribution in [3.8, 4) is 17.2 Å². The fraction of sp³-hybridized carbons (Fsp3) is 0.459. The van der Waals surface area contributed by atoms with Gasteiger partial charge in [-0.25, -0.2) is 0 Å². The maximum Gasteiger partial charge on any atom is 0.253 e. The van der Waals surface area contributed by atoms with Gasteiger partial charge in [-0.2, -0.15) is 0 Å². The molecule has 2 aromatic rings. The molecule has 0 spiro atoms. The molecule has 6 rings (SSSR count). The zero-order valence-electron chi connectivity index (χ0n) is 29.4. The van der Waals surface area contributed by atoms with Gasteiger partial charge in [-0.3, -0.25) is 33.7 Å². The van der Waals surface area contributed by atoms with Gasteiger partial charge in [0, 0.05) is 60.6 Å². The predicted octanol–water partition coefficient (Wildman–Crippen LogP) is -0.467. The number of hydrogen-bond donors (Lipinski definition) is 6. The highest BCUT2D eigenvalue weighted by Crippen LogP contribution is 2.52. The van der Waals surface area contributed by atoms with Crippen molar-refractivity contribution in [2.45, 2.75) is 68.9 Å². The number of fused-ring (bicyclic) bond motifs is 3. The summed E-state index contributed by atoms with van der Waals surface area (Å²) in [5.74, 6) is -5.23. The average Bonchev–Trinajstić information content (AvgIpc) is 3.47. The van der Waals surface area contributed by atoms with Crippen LogP contribution in [0.3, 0.4) is 0 Å². The fourth-order valence-corrected chi connectivity index (χ4v) is 7.35. The minimum absolute atomic E-state index is 0.0110. The van der Waals surface area contributed by atoms with Crippen molar-refractivity contribution in [3.05, 3.63) is 63.7 Å². The molecule has 4 unspecified atom stereocenters. The number of imide groups is 1. The summed E-state index contributed by atoms with van der Waals surface area (Å²) in [6.07, 6.45) is -3.62. The first kappa shape index (κ1) is 38.8. The molecule has 0 aromatic heterocycles. The van der Waals surface area contributed by atoms with Crippen LogP contribution in [0.15, 0.2) is 30.4 Å². The molecule has 0 saturated carbocycles. The smallest absolute Gasteiger partial charge is 0.253 e. The zero-order valence-corrected chi connectivity index (χ0v) is 29.4. The highest BCUT2D eigenvalue weighted by atomic mass is 16.7. The van der Waals surface area contributed by atoms with Crippen molar-refractivity contribution in [2.75, 3.05) is 40.0 Å². The van der Waals surface area contributed by atoms with Gasteiger partial charge in [0.15, 0.2) is 17.9 Å². The van der Waals surface area contributed by atoms with E-state index in [9.17, 15) is 54.3 Å². The van der Waals surface area contributed by atoms with Gasteiger partial charge in [0.05, 0.1) is 68.4 Å². The number of rotatable bonds is 14. The number of ketones is 4. The van der Waals surface area contributed by atoms with Gasteiger partial charge in [-0.1, -0.05) is 12.1 Å². The van der Waals surface area contributed by atoms with Crippen LogP contribution < -0.4 is 10.1 Å². The van der Waals surface area contributed by atoms with Gasteiger partial charge in [0.1, 0.15) is 35.2 Å². The van der Waals surface area contributed by atoms with Crippen LogP contribution in [0, 0.1) is 0 Å². The third kappa shape index (κ3) is 7.06. The SMILES string of the molecule is COc1cccc2c1C(=O)c1c(O)c3c(c(O)c1C2=O)C[C@@](O)(C(=O)CO)CC3O[C@@H]1CC(NCC(=O)CCOCCN2C(=O)C=CC2=O)C(O)C(C)O1. The Hall–Kier alpha value is -4.88. The summed E-state index contributed by atoms with van der Waals surface area (Å²) >= 11 is 0. The van der Waals surface area contributed by atoms with Crippen LogP contribution in [0.4, 0.5) is 0 Å². The summed E-state index contributed by atoms with van der Waals surface area (Å²) in [4.78, 5) is 77.4. The lowest BCUT2D eigenvalue weighted by molar-refractivity contribution is -0.249. The molecule has 288 valence electrons. The number of nitrogens with one attached hydrogen (secondary N) is 1. The van der Waals surface area contributed by atoms with Crippen molar-refractivity contribution in [2.24, 2.45) is 0 Å². The van der Waals surface area contributed by atoms with E-state index in [1.807, 2.05) is 0 Å². The number of aromatic hydroxyl groups is 2. The first-order valence-electron chi connectivity index (χ1n) is 17.3. The van der Waals surface area contributed by atoms with E-state index >= 15 is 0 Å². The second kappa shape index (κ2) is 15.5. The molecular formula is C37H40N2O15. The van der Waals surface area contributed by atoms with E-state index in [1.165, 1.54) is 25.3 Å². The van der Waals surface area contributed by atoms with Crippen molar-refractivity contribution in [1.82, 2.24) is 10.2 Å². The molecule has 2 heterocycles. The number of aliphatic hydroxyl groups excluding tert-OH is 2. The fourth-order valence-electron chi connectivity index (χ4n) is 7.35. The summed E-state index contributed by atoms with van der Waals surface area (Å²) in [7, 11) is 1.30. The van der Waals surface area contributed by atoms with E-state index < -0.39 is 107 Å². The van der Waals surface area contributed by atoms with Crippen LogP contribution in [0.25, 0.3) is 0 Å². The number of methoxy groups -OCH3 is 1. The molecule has 6 atom stereocenters. The number of aliphatic hydroxyl groups is 3. The molecule has 1 fully saturated rings. The van der Waals surface area contributed by atoms with Gasteiger partial charge in [0.2, 0.25) is 5.78 Å². The molecule has 17 nitrogen and oxygen atoms in total. The van der Waals surface area contributed by atoms with Crippen LogP contribution >= 0.6 is 0 Å². The van der Waals surface area contributed by atoms with Crippen LogP contribution in [-0.2, 0) is 39.8 Å².